The summed E-state index contributed by atoms with van der Waals surface area (Å²) >= 11 is 0. The van der Waals surface area contributed by atoms with Gasteiger partial charge in [0.1, 0.15) is 12.2 Å². The van der Waals surface area contributed by atoms with Gasteiger partial charge in [0, 0.05) is 19.0 Å². The van der Waals surface area contributed by atoms with E-state index in [-0.39, 0.29) is 0 Å². The van der Waals surface area contributed by atoms with Crippen LogP contribution in [0.5, 0.6) is 0 Å². The molecule has 4 nitrogen and oxygen atoms in total. The zero-order chi connectivity index (χ0) is 13.8. The maximum atomic E-state index is 5.82. The van der Waals surface area contributed by atoms with Crippen molar-refractivity contribution in [2.24, 2.45) is 5.73 Å². The van der Waals surface area contributed by atoms with Crippen LogP contribution in [0.15, 0.2) is 30.6 Å². The normalized spacial score (nSPS) is 16.4. The summed E-state index contributed by atoms with van der Waals surface area (Å²) in [5, 5.41) is 8.46. The van der Waals surface area contributed by atoms with Crippen molar-refractivity contribution in [2.45, 2.75) is 51.1 Å². The first-order valence-corrected chi connectivity index (χ1v) is 7.53. The molecule has 106 valence electrons. The van der Waals surface area contributed by atoms with Crippen molar-refractivity contribution in [1.82, 2.24) is 14.8 Å². The molecule has 2 aromatic rings. The highest BCUT2D eigenvalue weighted by atomic mass is 15.3. The number of hydrogen-bond donors (Lipinski definition) is 1. The van der Waals surface area contributed by atoms with Gasteiger partial charge in [-0.05, 0) is 24.0 Å². The van der Waals surface area contributed by atoms with E-state index >= 15 is 0 Å². The number of rotatable bonds is 4. The van der Waals surface area contributed by atoms with Crippen LogP contribution >= 0.6 is 0 Å². The molecule has 1 aliphatic rings. The van der Waals surface area contributed by atoms with Crippen molar-refractivity contribution in [2.75, 3.05) is 0 Å². The van der Waals surface area contributed by atoms with Crippen LogP contribution < -0.4 is 5.73 Å². The fourth-order valence-corrected chi connectivity index (χ4v) is 3.16. The Morgan fingerprint density at radius 2 is 1.85 bits per heavy atom. The molecule has 1 saturated carbocycles. The fraction of sp³-hybridized carbons (Fsp3) is 0.500. The van der Waals surface area contributed by atoms with Crippen LogP contribution in [0.3, 0.4) is 0 Å². The third-order valence-electron chi connectivity index (χ3n) is 4.30. The minimum absolute atomic E-state index is 0.577. The van der Waals surface area contributed by atoms with Gasteiger partial charge in [0.15, 0.2) is 0 Å². The largest absolute Gasteiger partial charge is 0.326 e. The standard InChI is InChI=1S/C16H22N4/c17-11-14-7-5-4-6-13(14)10-16-19-18-12-20(16)15-8-2-1-3-9-15/h4-7,12,15H,1-3,8-11,17H2. The molecule has 3 rings (SSSR count). The molecule has 20 heavy (non-hydrogen) atoms. The average molecular weight is 270 g/mol. The average Bonchev–Trinajstić information content (AvgIpc) is 2.97. The molecule has 1 aromatic heterocycles. The summed E-state index contributed by atoms with van der Waals surface area (Å²) in [5.41, 5.74) is 8.28. The highest BCUT2D eigenvalue weighted by Gasteiger charge is 2.18. The smallest absolute Gasteiger partial charge is 0.137 e. The van der Waals surface area contributed by atoms with E-state index in [9.17, 15) is 0 Å². The van der Waals surface area contributed by atoms with E-state index in [1.165, 1.54) is 43.2 Å². The Morgan fingerprint density at radius 3 is 2.60 bits per heavy atom. The number of nitrogens with zero attached hydrogens (tertiary/aromatic N) is 3. The number of hydrogen-bond acceptors (Lipinski definition) is 3. The minimum atomic E-state index is 0.577. The van der Waals surface area contributed by atoms with Crippen LogP contribution in [0.4, 0.5) is 0 Å². The quantitative estimate of drug-likeness (QED) is 0.929. The zero-order valence-corrected chi connectivity index (χ0v) is 11.8. The molecule has 0 unspecified atom stereocenters. The van der Waals surface area contributed by atoms with E-state index in [1.807, 2.05) is 12.4 Å². The predicted molar refractivity (Wildman–Crippen MR) is 79.3 cm³/mol. The third-order valence-corrected chi connectivity index (χ3v) is 4.30. The molecular weight excluding hydrogens is 248 g/mol. The van der Waals surface area contributed by atoms with Gasteiger partial charge in [-0.3, -0.25) is 0 Å². The first-order valence-electron chi connectivity index (χ1n) is 7.53. The van der Waals surface area contributed by atoms with Gasteiger partial charge >= 0.3 is 0 Å². The van der Waals surface area contributed by atoms with Gasteiger partial charge in [-0.1, -0.05) is 43.5 Å². The van der Waals surface area contributed by atoms with Crippen LogP contribution in [0.2, 0.25) is 0 Å². The summed E-state index contributed by atoms with van der Waals surface area (Å²) < 4.78 is 2.28. The predicted octanol–water partition coefficient (Wildman–Crippen LogP) is 2.83. The second-order valence-corrected chi connectivity index (χ2v) is 5.60. The molecule has 0 bridgehead atoms. The lowest BCUT2D eigenvalue weighted by Crippen LogP contribution is -2.15. The SMILES string of the molecule is NCc1ccccc1Cc1nncn1C1CCCCC1. The Hall–Kier alpha value is -1.68. The van der Waals surface area contributed by atoms with E-state index in [4.69, 9.17) is 5.73 Å². The molecule has 1 aromatic carbocycles. The summed E-state index contributed by atoms with van der Waals surface area (Å²) in [6.45, 7) is 0.577. The van der Waals surface area contributed by atoms with Crippen LogP contribution in [-0.2, 0) is 13.0 Å². The number of aromatic nitrogens is 3. The Labute approximate surface area is 120 Å². The fourth-order valence-electron chi connectivity index (χ4n) is 3.16. The molecule has 1 aliphatic carbocycles. The number of nitrogens with two attached hydrogens (primary N) is 1. The maximum absolute atomic E-state index is 5.82. The lowest BCUT2D eigenvalue weighted by molar-refractivity contribution is 0.346. The maximum Gasteiger partial charge on any atom is 0.137 e. The van der Waals surface area contributed by atoms with Crippen molar-refractivity contribution in [3.05, 3.63) is 47.5 Å². The van der Waals surface area contributed by atoms with E-state index in [0.717, 1.165) is 12.2 Å². The molecular formula is C16H22N4. The van der Waals surface area contributed by atoms with Crippen molar-refractivity contribution in [3.63, 3.8) is 0 Å². The molecule has 0 amide bonds. The van der Waals surface area contributed by atoms with Crippen LogP contribution in [0.1, 0.15) is 55.1 Å². The summed E-state index contributed by atoms with van der Waals surface area (Å²) in [4.78, 5) is 0. The zero-order valence-electron chi connectivity index (χ0n) is 11.8. The van der Waals surface area contributed by atoms with Crippen molar-refractivity contribution in [1.29, 1.82) is 0 Å². The first-order chi connectivity index (χ1) is 9.88. The van der Waals surface area contributed by atoms with Gasteiger partial charge in [0.25, 0.3) is 0 Å². The van der Waals surface area contributed by atoms with Crippen molar-refractivity contribution in [3.8, 4) is 0 Å². The molecule has 0 radical (unpaired) electrons. The van der Waals surface area contributed by atoms with E-state index in [2.05, 4.69) is 33.0 Å². The molecule has 0 atom stereocenters. The Bertz CT molecular complexity index is 555. The summed E-state index contributed by atoms with van der Waals surface area (Å²) in [5.74, 6) is 1.07. The van der Waals surface area contributed by atoms with Crippen molar-refractivity contribution < 1.29 is 0 Å². The van der Waals surface area contributed by atoms with E-state index in [1.54, 1.807) is 0 Å². The lowest BCUT2D eigenvalue weighted by Gasteiger charge is -2.24. The number of benzene rings is 1. The second kappa shape index (κ2) is 6.18. The Kier molecular flexibility index (Phi) is 4.11. The monoisotopic (exact) mass is 270 g/mol. The van der Waals surface area contributed by atoms with E-state index in [0.29, 0.717) is 12.6 Å². The molecule has 1 fully saturated rings. The van der Waals surface area contributed by atoms with Crippen LogP contribution in [0, 0.1) is 0 Å². The van der Waals surface area contributed by atoms with Gasteiger partial charge in [-0.2, -0.15) is 0 Å². The third kappa shape index (κ3) is 2.75. The second-order valence-electron chi connectivity index (χ2n) is 5.60. The summed E-state index contributed by atoms with van der Waals surface area (Å²) in [6.07, 6.45) is 9.24. The Morgan fingerprint density at radius 1 is 1.10 bits per heavy atom. The molecule has 0 spiro atoms. The van der Waals surface area contributed by atoms with Gasteiger partial charge in [0.05, 0.1) is 0 Å². The lowest BCUT2D eigenvalue weighted by atomic mass is 9.95. The summed E-state index contributed by atoms with van der Waals surface area (Å²) in [7, 11) is 0. The first kappa shape index (κ1) is 13.3. The highest BCUT2D eigenvalue weighted by molar-refractivity contribution is 5.29. The van der Waals surface area contributed by atoms with Gasteiger partial charge < -0.3 is 10.3 Å². The van der Waals surface area contributed by atoms with Crippen molar-refractivity contribution >= 4 is 0 Å². The molecule has 0 aliphatic heterocycles. The summed E-state index contributed by atoms with van der Waals surface area (Å²) in [6, 6.07) is 8.92. The topological polar surface area (TPSA) is 56.7 Å². The molecule has 0 saturated heterocycles. The van der Waals surface area contributed by atoms with Crippen LogP contribution in [0.25, 0.3) is 0 Å². The van der Waals surface area contributed by atoms with E-state index < -0.39 is 0 Å². The Balaban J connectivity index is 1.82. The van der Waals surface area contributed by atoms with Crippen LogP contribution in [-0.4, -0.2) is 14.8 Å². The minimum Gasteiger partial charge on any atom is -0.326 e. The molecule has 2 N–H and O–H groups in total. The van der Waals surface area contributed by atoms with Gasteiger partial charge in [-0.25, -0.2) is 0 Å². The highest BCUT2D eigenvalue weighted by Crippen LogP contribution is 2.29. The van der Waals surface area contributed by atoms with Gasteiger partial charge in [0.2, 0.25) is 0 Å². The van der Waals surface area contributed by atoms with Gasteiger partial charge in [-0.15, -0.1) is 10.2 Å². The molecule has 4 heteroatoms. The molecule has 1 heterocycles.